The molecule has 0 aliphatic rings. The number of esters is 1. The summed E-state index contributed by atoms with van der Waals surface area (Å²) in [5, 5.41) is 5.70. The minimum Gasteiger partial charge on any atom is -0.466 e. The molecule has 4 aromatic rings. The van der Waals surface area contributed by atoms with Crippen molar-refractivity contribution in [1.82, 2.24) is 14.7 Å². The highest BCUT2D eigenvalue weighted by Gasteiger charge is 2.17. The number of aromatic nitrogens is 2. The van der Waals surface area contributed by atoms with Crippen LogP contribution in [0.1, 0.15) is 49.2 Å². The average Bonchev–Trinajstić information content (AvgIpc) is 3.36. The fourth-order valence-electron chi connectivity index (χ4n) is 4.07. The van der Waals surface area contributed by atoms with Gasteiger partial charge in [0.05, 0.1) is 18.6 Å². The number of alkyl carbamates (subject to hydrolysis) is 1. The number of fused-ring (bicyclic) bond motifs is 1. The van der Waals surface area contributed by atoms with E-state index >= 15 is 0 Å². The van der Waals surface area contributed by atoms with Gasteiger partial charge in [0.1, 0.15) is 11.2 Å². The van der Waals surface area contributed by atoms with Crippen LogP contribution in [0, 0.1) is 0 Å². The lowest BCUT2D eigenvalue weighted by molar-refractivity contribution is -0.142. The van der Waals surface area contributed by atoms with E-state index in [1.807, 2.05) is 51.1 Å². The largest absolute Gasteiger partial charge is 0.466 e. The van der Waals surface area contributed by atoms with E-state index in [1.54, 1.807) is 54.2 Å². The molecular weight excluding hydrogens is 496 g/mol. The van der Waals surface area contributed by atoms with E-state index in [1.165, 1.54) is 0 Å². The van der Waals surface area contributed by atoms with Crippen molar-refractivity contribution >= 4 is 29.3 Å². The summed E-state index contributed by atoms with van der Waals surface area (Å²) in [6, 6.07) is 16.6. The summed E-state index contributed by atoms with van der Waals surface area (Å²) in [7, 11) is 0. The van der Waals surface area contributed by atoms with Gasteiger partial charge in [-0.05, 0) is 62.6 Å². The second-order valence-corrected chi connectivity index (χ2v) is 9.95. The third-order valence-corrected chi connectivity index (χ3v) is 5.73. The lowest BCUT2D eigenvalue weighted by atomic mass is 10.0. The Labute approximate surface area is 227 Å². The Balaban J connectivity index is 1.59. The van der Waals surface area contributed by atoms with Gasteiger partial charge in [-0.2, -0.15) is 0 Å². The predicted octanol–water partition coefficient (Wildman–Crippen LogP) is 5.38. The monoisotopic (exact) mass is 528 g/mol. The fourth-order valence-corrected chi connectivity index (χ4v) is 4.07. The number of benzene rings is 2. The number of rotatable bonds is 8. The highest BCUT2D eigenvalue weighted by atomic mass is 16.6. The molecule has 2 N–H and O–H groups in total. The Bertz CT molecular complexity index is 1500. The standard InChI is InChI=1S/C30H32N4O5/c1-5-38-26(35)17-22-10-6-7-12-25(22)33-28(36)23-16-24(27-31-13-14-34(27)19-23)21-11-8-9-20(15-21)18-32-29(37)39-30(2,3)4/h6-16,19H,5,17-18H2,1-4H3,(H,32,37)(H,33,36). The number of hydrogen-bond acceptors (Lipinski definition) is 6. The second-order valence-electron chi connectivity index (χ2n) is 9.95. The van der Waals surface area contributed by atoms with Crippen molar-refractivity contribution in [2.75, 3.05) is 11.9 Å². The molecule has 0 atom stereocenters. The van der Waals surface area contributed by atoms with Crippen LogP contribution in [-0.2, 0) is 27.2 Å². The molecule has 0 bridgehead atoms. The van der Waals surface area contributed by atoms with E-state index in [9.17, 15) is 14.4 Å². The van der Waals surface area contributed by atoms with Gasteiger partial charge in [-0.1, -0.05) is 36.4 Å². The van der Waals surface area contributed by atoms with Crippen LogP contribution in [0.2, 0.25) is 0 Å². The average molecular weight is 529 g/mol. The molecule has 2 heterocycles. The SMILES string of the molecule is CCOC(=O)Cc1ccccc1NC(=O)c1cc(-c2cccc(CNC(=O)OC(C)(C)C)c2)c2nccn2c1. The van der Waals surface area contributed by atoms with Crippen LogP contribution in [0.3, 0.4) is 0 Å². The number of nitrogens with zero attached hydrogens (tertiary/aromatic N) is 2. The number of carbonyl (C=O) groups is 3. The van der Waals surface area contributed by atoms with Crippen molar-refractivity contribution in [2.45, 2.75) is 46.3 Å². The Morgan fingerprint density at radius 1 is 1.03 bits per heavy atom. The van der Waals surface area contributed by atoms with Crippen molar-refractivity contribution in [1.29, 1.82) is 0 Å². The molecule has 39 heavy (non-hydrogen) atoms. The van der Waals surface area contributed by atoms with Crippen molar-refractivity contribution < 1.29 is 23.9 Å². The summed E-state index contributed by atoms with van der Waals surface area (Å²) in [6.45, 7) is 7.76. The zero-order valence-electron chi connectivity index (χ0n) is 22.5. The zero-order chi connectivity index (χ0) is 28.0. The first-order chi connectivity index (χ1) is 18.6. The van der Waals surface area contributed by atoms with Crippen molar-refractivity contribution in [2.24, 2.45) is 0 Å². The molecular formula is C30H32N4O5. The van der Waals surface area contributed by atoms with Crippen molar-refractivity contribution in [3.8, 4) is 11.1 Å². The van der Waals surface area contributed by atoms with Gasteiger partial charge in [0, 0.05) is 36.4 Å². The zero-order valence-corrected chi connectivity index (χ0v) is 22.5. The van der Waals surface area contributed by atoms with Crippen LogP contribution in [-0.4, -0.2) is 39.6 Å². The lowest BCUT2D eigenvalue weighted by Gasteiger charge is -2.19. The van der Waals surface area contributed by atoms with Gasteiger partial charge < -0.3 is 24.5 Å². The summed E-state index contributed by atoms with van der Waals surface area (Å²) in [4.78, 5) is 42.0. The molecule has 0 fully saturated rings. The summed E-state index contributed by atoms with van der Waals surface area (Å²) >= 11 is 0. The third kappa shape index (κ3) is 7.22. The summed E-state index contributed by atoms with van der Waals surface area (Å²) in [6.07, 6.45) is 4.72. The summed E-state index contributed by atoms with van der Waals surface area (Å²) in [5.74, 6) is -0.687. The maximum absolute atomic E-state index is 13.4. The molecule has 9 nitrogen and oxygen atoms in total. The van der Waals surface area contributed by atoms with Crippen LogP contribution in [0.4, 0.5) is 10.5 Å². The molecule has 2 aromatic carbocycles. The number of imidazole rings is 1. The third-order valence-electron chi connectivity index (χ3n) is 5.73. The fraction of sp³-hybridized carbons (Fsp3) is 0.267. The highest BCUT2D eigenvalue weighted by molar-refractivity contribution is 6.06. The molecule has 9 heteroatoms. The first-order valence-electron chi connectivity index (χ1n) is 12.7. The molecule has 0 saturated carbocycles. The van der Waals surface area contributed by atoms with Gasteiger partial charge >= 0.3 is 12.1 Å². The van der Waals surface area contributed by atoms with E-state index in [4.69, 9.17) is 9.47 Å². The minimum atomic E-state index is -0.585. The van der Waals surface area contributed by atoms with Crippen LogP contribution in [0.25, 0.3) is 16.8 Å². The molecule has 2 amide bonds. The Morgan fingerprint density at radius 3 is 2.59 bits per heavy atom. The molecule has 4 rings (SSSR count). The minimum absolute atomic E-state index is 0.0558. The topological polar surface area (TPSA) is 111 Å². The van der Waals surface area contributed by atoms with E-state index in [-0.39, 0.29) is 24.8 Å². The van der Waals surface area contributed by atoms with Gasteiger partial charge in [0.2, 0.25) is 0 Å². The van der Waals surface area contributed by atoms with Gasteiger partial charge in [0.25, 0.3) is 5.91 Å². The van der Waals surface area contributed by atoms with Gasteiger partial charge in [0.15, 0.2) is 0 Å². The number of para-hydroxylation sites is 1. The Kier molecular flexibility index (Phi) is 8.29. The number of amides is 2. The van der Waals surface area contributed by atoms with E-state index in [2.05, 4.69) is 15.6 Å². The number of pyridine rings is 1. The maximum Gasteiger partial charge on any atom is 0.407 e. The normalized spacial score (nSPS) is 11.2. The molecule has 0 unspecified atom stereocenters. The number of hydrogen-bond donors (Lipinski definition) is 2. The molecule has 0 spiro atoms. The Hall–Kier alpha value is -4.66. The second kappa shape index (κ2) is 11.8. The van der Waals surface area contributed by atoms with Crippen molar-refractivity contribution in [3.63, 3.8) is 0 Å². The molecule has 0 saturated heterocycles. The smallest absolute Gasteiger partial charge is 0.407 e. The summed E-state index contributed by atoms with van der Waals surface area (Å²) < 4.78 is 12.2. The lowest BCUT2D eigenvalue weighted by Crippen LogP contribution is -2.32. The van der Waals surface area contributed by atoms with Gasteiger partial charge in [-0.3, -0.25) is 9.59 Å². The van der Waals surface area contributed by atoms with E-state index < -0.39 is 11.7 Å². The van der Waals surface area contributed by atoms with Gasteiger partial charge in [-0.15, -0.1) is 0 Å². The predicted molar refractivity (Wildman–Crippen MR) is 148 cm³/mol. The first kappa shape index (κ1) is 27.4. The number of nitrogens with one attached hydrogen (secondary N) is 2. The molecule has 0 aliphatic carbocycles. The van der Waals surface area contributed by atoms with Crippen LogP contribution < -0.4 is 10.6 Å². The van der Waals surface area contributed by atoms with E-state index in [0.717, 1.165) is 16.7 Å². The van der Waals surface area contributed by atoms with Gasteiger partial charge in [-0.25, -0.2) is 9.78 Å². The summed E-state index contributed by atoms with van der Waals surface area (Å²) in [5.41, 5.74) is 4.18. The van der Waals surface area contributed by atoms with Crippen LogP contribution >= 0.6 is 0 Å². The highest BCUT2D eigenvalue weighted by Crippen LogP contribution is 2.27. The van der Waals surface area contributed by atoms with Crippen LogP contribution in [0.5, 0.6) is 0 Å². The van der Waals surface area contributed by atoms with Crippen LogP contribution in [0.15, 0.2) is 73.2 Å². The number of anilines is 1. The van der Waals surface area contributed by atoms with E-state index in [0.29, 0.717) is 29.1 Å². The maximum atomic E-state index is 13.4. The number of ether oxygens (including phenoxy) is 2. The quantitative estimate of drug-likeness (QED) is 0.297. The first-order valence-corrected chi connectivity index (χ1v) is 12.7. The van der Waals surface area contributed by atoms with Crippen molar-refractivity contribution in [3.05, 3.63) is 89.9 Å². The molecule has 0 aliphatic heterocycles. The number of carbonyl (C=O) groups excluding carboxylic acids is 3. The molecule has 0 radical (unpaired) electrons. The molecule has 2 aromatic heterocycles. The Morgan fingerprint density at radius 2 is 1.82 bits per heavy atom. The molecule has 202 valence electrons.